The average Bonchev–Trinajstić information content (AvgIpc) is 3.62. The van der Waals surface area contributed by atoms with Gasteiger partial charge in [0.1, 0.15) is 24.3 Å². The molecule has 13 heteroatoms. The van der Waals surface area contributed by atoms with Crippen LogP contribution in [0.4, 0.5) is 9.59 Å². The number of nitrogens with zero attached hydrogens (tertiary/aromatic N) is 2. The third kappa shape index (κ3) is 7.68. The van der Waals surface area contributed by atoms with E-state index in [0.29, 0.717) is 13.0 Å². The Bertz CT molecular complexity index is 1210. The summed E-state index contributed by atoms with van der Waals surface area (Å²) in [5, 5.41) is 3.89. The summed E-state index contributed by atoms with van der Waals surface area (Å²) < 4.78 is 11.6. The van der Waals surface area contributed by atoms with Crippen LogP contribution in [0.5, 0.6) is 0 Å². The molecule has 0 radical (unpaired) electrons. The van der Waals surface area contributed by atoms with Gasteiger partial charge in [-0.3, -0.25) is 25.3 Å². The Hall–Kier alpha value is -3.16. The zero-order chi connectivity index (χ0) is 31.8. The molecule has 4 rings (SSSR count). The molecule has 2 aliphatic heterocycles. The van der Waals surface area contributed by atoms with E-state index >= 15 is 0 Å². The van der Waals surface area contributed by atoms with Gasteiger partial charge in [0.25, 0.3) is 11.8 Å². The lowest BCUT2D eigenvalue weighted by Crippen LogP contribution is -2.60. The molecule has 12 nitrogen and oxygen atoms in total. The zero-order valence-corrected chi connectivity index (χ0v) is 27.6. The average molecular weight is 618 g/mol. The van der Waals surface area contributed by atoms with Crippen molar-refractivity contribution in [3.8, 4) is 0 Å². The predicted octanol–water partition coefficient (Wildman–Crippen LogP) is 3.84. The molecule has 1 saturated carbocycles. The summed E-state index contributed by atoms with van der Waals surface area (Å²) in [6.45, 7) is 16.0. The number of hydrogen-bond acceptors (Lipinski definition) is 7. The number of fused-ring (bicyclic) bond motifs is 3. The Morgan fingerprint density at radius 2 is 1.70 bits per heavy atom. The maximum Gasteiger partial charge on any atom is 0.408 e. The van der Waals surface area contributed by atoms with Gasteiger partial charge < -0.3 is 19.4 Å². The zero-order valence-electron chi connectivity index (χ0n) is 26.6. The number of hydrazine groups is 1. The van der Waals surface area contributed by atoms with E-state index in [0.717, 1.165) is 18.4 Å². The molecule has 3 N–H and O–H groups in total. The molecule has 2 bridgehead atoms. The lowest BCUT2D eigenvalue weighted by atomic mass is 9.85. The second-order valence-corrected chi connectivity index (χ2v) is 19.2. The van der Waals surface area contributed by atoms with E-state index in [1.54, 1.807) is 20.8 Å². The molecular weight excluding hydrogens is 570 g/mol. The van der Waals surface area contributed by atoms with Gasteiger partial charge in [0.05, 0.1) is 12.6 Å². The smallest absolute Gasteiger partial charge is 0.408 e. The molecule has 3 atom stereocenters. The van der Waals surface area contributed by atoms with Gasteiger partial charge in [-0.25, -0.2) is 9.59 Å². The van der Waals surface area contributed by atoms with Crippen LogP contribution >= 0.6 is 0 Å². The fourth-order valence-electron chi connectivity index (χ4n) is 5.16. The van der Waals surface area contributed by atoms with Gasteiger partial charge in [0.2, 0.25) is 0 Å². The van der Waals surface area contributed by atoms with Gasteiger partial charge >= 0.3 is 12.1 Å². The number of hydroxylamine groups is 2. The number of alkyl carbamates (subject to hydrolysis) is 1. The van der Waals surface area contributed by atoms with Gasteiger partial charge in [-0.05, 0) is 69.1 Å². The van der Waals surface area contributed by atoms with Crippen LogP contribution in [0, 0.1) is 5.41 Å². The summed E-state index contributed by atoms with van der Waals surface area (Å²) >= 11 is 0. The molecule has 2 saturated heterocycles. The molecule has 1 aliphatic carbocycles. The first-order chi connectivity index (χ1) is 19.9. The lowest BCUT2D eigenvalue weighted by Gasteiger charge is -2.37. The fourth-order valence-corrected chi connectivity index (χ4v) is 6.18. The molecule has 2 heterocycles. The first-order valence-electron chi connectivity index (χ1n) is 14.9. The molecule has 1 aromatic rings. The summed E-state index contributed by atoms with van der Waals surface area (Å²) in [4.78, 5) is 60.1. The van der Waals surface area contributed by atoms with E-state index in [1.165, 1.54) is 9.96 Å². The molecule has 0 aromatic heterocycles. The lowest BCUT2D eigenvalue weighted by molar-refractivity contribution is -0.153. The van der Waals surface area contributed by atoms with Gasteiger partial charge in [0.15, 0.2) is 8.32 Å². The van der Waals surface area contributed by atoms with E-state index < -0.39 is 43.9 Å². The van der Waals surface area contributed by atoms with E-state index in [9.17, 15) is 19.2 Å². The number of ether oxygens (including phenoxy) is 1. The molecule has 3 fully saturated rings. The van der Waals surface area contributed by atoms with Crippen molar-refractivity contribution < 1.29 is 33.2 Å². The van der Waals surface area contributed by atoms with Crippen molar-refractivity contribution >= 4 is 32.3 Å². The van der Waals surface area contributed by atoms with Crippen LogP contribution < -0.4 is 16.2 Å². The Morgan fingerprint density at radius 3 is 2.28 bits per heavy atom. The molecular formula is C30H47N5O7Si. The highest BCUT2D eigenvalue weighted by Crippen LogP contribution is 2.59. The van der Waals surface area contributed by atoms with E-state index in [-0.39, 0.29) is 35.7 Å². The second kappa shape index (κ2) is 12.1. The number of benzene rings is 1. The second-order valence-electron chi connectivity index (χ2n) is 14.4. The highest BCUT2D eigenvalue weighted by atomic mass is 28.4. The third-order valence-corrected chi connectivity index (χ3v) is 13.4. The van der Waals surface area contributed by atoms with Crippen LogP contribution in [0.2, 0.25) is 18.1 Å². The topological polar surface area (TPSA) is 139 Å². The maximum absolute atomic E-state index is 13.4. The van der Waals surface area contributed by atoms with Crippen molar-refractivity contribution in [2.24, 2.45) is 5.41 Å². The Morgan fingerprint density at radius 1 is 1.05 bits per heavy atom. The van der Waals surface area contributed by atoms with Gasteiger partial charge in [0, 0.05) is 6.54 Å². The van der Waals surface area contributed by atoms with Crippen LogP contribution in [0.3, 0.4) is 0 Å². The SMILES string of the molecule is CC(C)(C)OC(=O)N[C@H](CO[Si](C)(C)C(C)(C)C)C(=O)NNC(=O)[C@@H]1CC2(CC2)[C@H]2CN1C(=O)N2OCc1ccccc1. The molecule has 1 aromatic carbocycles. The standard InChI is InChI=1S/C30H47N5O7Si/c1-28(2,3)42-26(38)31-21(19-41-43(7,8)29(4,5)6)24(36)32-33-25(37)22-16-30(14-15-30)23-17-34(22)27(39)35(23)40-18-20-12-10-9-11-13-20/h9-13,21-23H,14-19H2,1-8H3,(H,31,38)(H,32,36)(H,33,37)/t21-,22+,23-/m1/s1. The van der Waals surface area contributed by atoms with Crippen LogP contribution in [0.1, 0.15) is 66.4 Å². The molecule has 5 amide bonds. The van der Waals surface area contributed by atoms with Crippen LogP contribution in [0.25, 0.3) is 0 Å². The van der Waals surface area contributed by atoms with Crippen molar-refractivity contribution in [3.63, 3.8) is 0 Å². The minimum atomic E-state index is -2.26. The highest BCUT2D eigenvalue weighted by molar-refractivity contribution is 6.74. The fraction of sp³-hybridized carbons (Fsp3) is 0.667. The van der Waals surface area contributed by atoms with Crippen molar-refractivity contribution in [1.29, 1.82) is 0 Å². The van der Waals surface area contributed by atoms with Crippen molar-refractivity contribution in [3.05, 3.63) is 35.9 Å². The van der Waals surface area contributed by atoms with Gasteiger partial charge in [-0.2, -0.15) is 5.06 Å². The monoisotopic (exact) mass is 617 g/mol. The Kier molecular flexibility index (Phi) is 9.20. The van der Waals surface area contributed by atoms with Crippen LogP contribution in [-0.4, -0.2) is 79.1 Å². The van der Waals surface area contributed by atoms with E-state index in [4.69, 9.17) is 14.0 Å². The van der Waals surface area contributed by atoms with E-state index in [2.05, 4.69) is 36.9 Å². The molecule has 0 unspecified atom stereocenters. The first-order valence-corrected chi connectivity index (χ1v) is 17.8. The number of urea groups is 1. The number of piperidine rings is 1. The maximum atomic E-state index is 13.4. The third-order valence-electron chi connectivity index (χ3n) is 8.91. The number of rotatable bonds is 9. The Balaban J connectivity index is 1.39. The Labute approximate surface area is 255 Å². The van der Waals surface area contributed by atoms with Crippen molar-refractivity contribution in [2.75, 3.05) is 13.2 Å². The summed E-state index contributed by atoms with van der Waals surface area (Å²) in [7, 11) is -2.26. The molecule has 43 heavy (non-hydrogen) atoms. The number of amides is 5. The normalized spacial score (nSPS) is 21.8. The molecule has 238 valence electrons. The summed E-state index contributed by atoms with van der Waals surface area (Å²) in [5.41, 5.74) is 4.93. The predicted molar refractivity (Wildman–Crippen MR) is 162 cm³/mol. The first kappa shape index (κ1) is 32.7. The van der Waals surface area contributed by atoms with Crippen LogP contribution in [-0.2, 0) is 30.2 Å². The minimum Gasteiger partial charge on any atom is -0.444 e. The number of hydrogen-bond donors (Lipinski definition) is 3. The number of carbonyl (C=O) groups is 4. The van der Waals surface area contributed by atoms with Crippen molar-refractivity contribution in [1.82, 2.24) is 26.1 Å². The van der Waals surface area contributed by atoms with Crippen LogP contribution in [0.15, 0.2) is 30.3 Å². The summed E-state index contributed by atoms with van der Waals surface area (Å²) in [6, 6.07) is 7.24. The van der Waals surface area contributed by atoms with Gasteiger partial charge in [-0.1, -0.05) is 51.1 Å². The molecule has 3 aliphatic rings. The number of carbonyl (C=O) groups excluding carboxylic acids is 4. The van der Waals surface area contributed by atoms with E-state index in [1.807, 2.05) is 43.4 Å². The largest absolute Gasteiger partial charge is 0.444 e. The van der Waals surface area contributed by atoms with Crippen molar-refractivity contribution in [2.45, 2.75) is 109 Å². The minimum absolute atomic E-state index is 0.0933. The summed E-state index contributed by atoms with van der Waals surface area (Å²) in [5.74, 6) is -1.16. The molecule has 1 spiro atoms. The quantitative estimate of drug-likeness (QED) is 0.283. The highest BCUT2D eigenvalue weighted by Gasteiger charge is 2.64. The van der Waals surface area contributed by atoms with Gasteiger partial charge in [-0.15, -0.1) is 0 Å². The summed E-state index contributed by atoms with van der Waals surface area (Å²) in [6.07, 6.45) is 1.49. The number of nitrogens with one attached hydrogen (secondary N) is 3.